The molecule has 0 radical (unpaired) electrons. The number of nitrogens with zero attached hydrogens (tertiary/aromatic N) is 2. The maximum absolute atomic E-state index is 12.9. The Morgan fingerprint density at radius 3 is 2.14 bits per heavy atom. The van der Waals surface area contributed by atoms with E-state index < -0.39 is 15.9 Å². The number of rotatable bonds is 7. The number of amides is 2. The van der Waals surface area contributed by atoms with Crippen LogP contribution in [0.4, 0.5) is 0 Å². The monoisotopic (exact) mass is 491 g/mol. The second-order valence-corrected chi connectivity index (χ2v) is 9.88. The molecule has 1 saturated heterocycles. The number of nitrogens with two attached hydrogens (primary N) is 1. The SMILES string of the molecule is NC(=O)c1ccc(S(=O)(=O)N2CCN(C(=O)/C=C/c3cccc(Oc4ccccc4)c3)CC2)cc1. The highest BCUT2D eigenvalue weighted by molar-refractivity contribution is 7.89. The number of carbonyl (C=O) groups excluding carboxylic acids is 2. The minimum Gasteiger partial charge on any atom is -0.457 e. The summed E-state index contributed by atoms with van der Waals surface area (Å²) in [6.07, 6.45) is 3.19. The highest BCUT2D eigenvalue weighted by atomic mass is 32.2. The lowest BCUT2D eigenvalue weighted by atomic mass is 10.2. The third kappa shape index (κ3) is 5.95. The fourth-order valence-corrected chi connectivity index (χ4v) is 5.09. The number of carbonyl (C=O) groups is 2. The van der Waals surface area contributed by atoms with Gasteiger partial charge in [-0.3, -0.25) is 9.59 Å². The maximum Gasteiger partial charge on any atom is 0.248 e. The van der Waals surface area contributed by atoms with Gasteiger partial charge in [-0.25, -0.2) is 8.42 Å². The Labute approximate surface area is 204 Å². The number of para-hydroxylation sites is 1. The van der Waals surface area contributed by atoms with Crippen LogP contribution in [0.1, 0.15) is 15.9 Å². The number of primary amides is 1. The minimum absolute atomic E-state index is 0.0831. The molecular weight excluding hydrogens is 466 g/mol. The molecule has 35 heavy (non-hydrogen) atoms. The van der Waals surface area contributed by atoms with Crippen LogP contribution < -0.4 is 10.5 Å². The summed E-state index contributed by atoms with van der Waals surface area (Å²) in [7, 11) is -3.73. The van der Waals surface area contributed by atoms with Crippen LogP contribution in [0.2, 0.25) is 0 Å². The van der Waals surface area contributed by atoms with Crippen LogP contribution in [-0.2, 0) is 14.8 Å². The lowest BCUT2D eigenvalue weighted by Crippen LogP contribution is -2.50. The molecule has 0 aromatic heterocycles. The van der Waals surface area contributed by atoms with Crippen molar-refractivity contribution >= 4 is 27.9 Å². The summed E-state index contributed by atoms with van der Waals surface area (Å²) in [5.41, 5.74) is 6.26. The van der Waals surface area contributed by atoms with Gasteiger partial charge in [0.05, 0.1) is 4.90 Å². The molecule has 9 heteroatoms. The first-order valence-corrected chi connectivity index (χ1v) is 12.5. The Hall–Kier alpha value is -3.95. The molecule has 0 spiro atoms. The third-order valence-electron chi connectivity index (χ3n) is 5.58. The largest absolute Gasteiger partial charge is 0.457 e. The Morgan fingerprint density at radius 2 is 1.49 bits per heavy atom. The van der Waals surface area contributed by atoms with Gasteiger partial charge < -0.3 is 15.4 Å². The molecule has 180 valence electrons. The van der Waals surface area contributed by atoms with E-state index in [1.54, 1.807) is 11.0 Å². The van der Waals surface area contributed by atoms with E-state index in [2.05, 4.69) is 0 Å². The zero-order valence-electron chi connectivity index (χ0n) is 18.9. The van der Waals surface area contributed by atoms with Crippen molar-refractivity contribution in [2.24, 2.45) is 5.73 Å². The molecule has 1 fully saturated rings. The number of benzene rings is 3. The van der Waals surface area contributed by atoms with E-state index in [0.717, 1.165) is 11.3 Å². The molecule has 1 aliphatic heterocycles. The van der Waals surface area contributed by atoms with E-state index in [0.29, 0.717) is 5.75 Å². The fourth-order valence-electron chi connectivity index (χ4n) is 3.67. The Kier molecular flexibility index (Phi) is 7.28. The van der Waals surface area contributed by atoms with Gasteiger partial charge in [0.25, 0.3) is 0 Å². The van der Waals surface area contributed by atoms with Crippen LogP contribution in [-0.4, -0.2) is 55.6 Å². The molecule has 0 saturated carbocycles. The van der Waals surface area contributed by atoms with Crippen molar-refractivity contribution in [3.63, 3.8) is 0 Å². The smallest absolute Gasteiger partial charge is 0.248 e. The van der Waals surface area contributed by atoms with E-state index in [1.807, 2.05) is 54.6 Å². The molecule has 2 amide bonds. The molecule has 8 nitrogen and oxygen atoms in total. The van der Waals surface area contributed by atoms with Gasteiger partial charge in [0.15, 0.2) is 0 Å². The van der Waals surface area contributed by atoms with Crippen molar-refractivity contribution in [2.75, 3.05) is 26.2 Å². The second-order valence-electron chi connectivity index (χ2n) is 7.94. The lowest BCUT2D eigenvalue weighted by Gasteiger charge is -2.33. The first kappa shape index (κ1) is 24.2. The van der Waals surface area contributed by atoms with E-state index in [1.165, 1.54) is 34.6 Å². The lowest BCUT2D eigenvalue weighted by molar-refractivity contribution is -0.127. The topological polar surface area (TPSA) is 110 Å². The molecule has 3 aromatic carbocycles. The first-order valence-electron chi connectivity index (χ1n) is 11.0. The highest BCUT2D eigenvalue weighted by Gasteiger charge is 2.29. The van der Waals surface area contributed by atoms with Gasteiger partial charge in [-0.2, -0.15) is 4.31 Å². The van der Waals surface area contributed by atoms with Crippen molar-refractivity contribution in [1.82, 2.24) is 9.21 Å². The average Bonchev–Trinajstić information content (AvgIpc) is 2.88. The fraction of sp³-hybridized carbons (Fsp3) is 0.154. The van der Waals surface area contributed by atoms with Gasteiger partial charge in [0.1, 0.15) is 11.5 Å². The van der Waals surface area contributed by atoms with E-state index >= 15 is 0 Å². The second kappa shape index (κ2) is 10.5. The normalized spacial score (nSPS) is 14.7. The zero-order valence-corrected chi connectivity index (χ0v) is 19.7. The standard InChI is InChI=1S/C26H25N3O5S/c27-26(31)21-10-12-24(13-11-21)35(32,33)29-17-15-28(16-18-29)25(30)14-9-20-5-4-8-23(19-20)34-22-6-2-1-3-7-22/h1-14,19H,15-18H2,(H2,27,31)/b14-9+. The predicted octanol–water partition coefficient (Wildman–Crippen LogP) is 3.12. The summed E-state index contributed by atoms with van der Waals surface area (Å²) >= 11 is 0. The molecular formula is C26H25N3O5S. The van der Waals surface area contributed by atoms with E-state index in [4.69, 9.17) is 10.5 Å². The Balaban J connectivity index is 1.34. The number of ether oxygens (including phenoxy) is 1. The van der Waals surface area contributed by atoms with Crippen molar-refractivity contribution in [1.29, 1.82) is 0 Å². The summed E-state index contributed by atoms with van der Waals surface area (Å²) in [5.74, 6) is 0.571. The molecule has 0 bridgehead atoms. The summed E-state index contributed by atoms with van der Waals surface area (Å²) in [6.45, 7) is 0.914. The van der Waals surface area contributed by atoms with Gasteiger partial charge >= 0.3 is 0 Å². The van der Waals surface area contributed by atoms with Crippen molar-refractivity contribution in [2.45, 2.75) is 4.90 Å². The molecule has 0 atom stereocenters. The molecule has 2 N–H and O–H groups in total. The van der Waals surface area contributed by atoms with Gasteiger partial charge in [0.2, 0.25) is 21.8 Å². The summed E-state index contributed by atoms with van der Waals surface area (Å²) in [6, 6.07) is 22.3. The molecule has 1 aliphatic rings. The van der Waals surface area contributed by atoms with Crippen LogP contribution in [0.3, 0.4) is 0 Å². The number of hydrogen-bond acceptors (Lipinski definition) is 5. The number of hydrogen-bond donors (Lipinski definition) is 1. The third-order valence-corrected chi connectivity index (χ3v) is 7.50. The van der Waals surface area contributed by atoms with Crippen LogP contribution in [0.5, 0.6) is 11.5 Å². The summed E-state index contributed by atoms with van der Waals surface area (Å²) in [5, 5.41) is 0. The van der Waals surface area contributed by atoms with Gasteiger partial charge in [-0.05, 0) is 60.2 Å². The van der Waals surface area contributed by atoms with Gasteiger partial charge in [-0.15, -0.1) is 0 Å². The number of piperazine rings is 1. The number of sulfonamides is 1. The average molecular weight is 492 g/mol. The van der Waals surface area contributed by atoms with Gasteiger partial charge in [0, 0.05) is 37.8 Å². The first-order chi connectivity index (χ1) is 16.8. The molecule has 3 aromatic rings. The van der Waals surface area contributed by atoms with Gasteiger partial charge in [-0.1, -0.05) is 30.3 Å². The predicted molar refractivity (Wildman–Crippen MR) is 132 cm³/mol. The Morgan fingerprint density at radius 1 is 0.829 bits per heavy atom. The zero-order chi connectivity index (χ0) is 24.8. The van der Waals surface area contributed by atoms with E-state index in [-0.39, 0.29) is 42.5 Å². The van der Waals surface area contributed by atoms with E-state index in [9.17, 15) is 18.0 Å². The van der Waals surface area contributed by atoms with Crippen molar-refractivity contribution in [3.8, 4) is 11.5 Å². The van der Waals surface area contributed by atoms with Crippen LogP contribution >= 0.6 is 0 Å². The van der Waals surface area contributed by atoms with Crippen molar-refractivity contribution in [3.05, 3.63) is 96.1 Å². The molecule has 0 unspecified atom stereocenters. The summed E-state index contributed by atoms with van der Waals surface area (Å²) < 4.78 is 33.0. The Bertz CT molecular complexity index is 1330. The quantitative estimate of drug-likeness (QED) is 0.511. The summed E-state index contributed by atoms with van der Waals surface area (Å²) in [4.78, 5) is 25.6. The molecule has 0 aliphatic carbocycles. The minimum atomic E-state index is -3.73. The maximum atomic E-state index is 12.9. The molecule has 1 heterocycles. The van der Waals surface area contributed by atoms with Crippen LogP contribution in [0.15, 0.2) is 89.8 Å². The highest BCUT2D eigenvalue weighted by Crippen LogP contribution is 2.23. The van der Waals surface area contributed by atoms with Crippen LogP contribution in [0.25, 0.3) is 6.08 Å². The van der Waals surface area contributed by atoms with Crippen molar-refractivity contribution < 1.29 is 22.7 Å². The van der Waals surface area contributed by atoms with Crippen LogP contribution in [0, 0.1) is 0 Å². The molecule has 4 rings (SSSR count).